The fraction of sp³-hybridized carbons (Fsp3) is 0. The van der Waals surface area contributed by atoms with Gasteiger partial charge in [-0.25, -0.2) is 9.97 Å². The van der Waals surface area contributed by atoms with Gasteiger partial charge in [0, 0.05) is 8.95 Å². The Bertz CT molecular complexity index is 633. The second-order valence-corrected chi connectivity index (χ2v) is 5.32. The Hall–Kier alpha value is -1.00. The van der Waals surface area contributed by atoms with Gasteiger partial charge in [0.2, 0.25) is 0 Å². The zero-order valence-corrected chi connectivity index (χ0v) is 11.3. The van der Waals surface area contributed by atoms with E-state index in [1.807, 2.05) is 36.4 Å². The Morgan fingerprint density at radius 3 is 1.50 bits per heavy atom. The number of benzene rings is 2. The molecule has 16 heavy (non-hydrogen) atoms. The van der Waals surface area contributed by atoms with Crippen LogP contribution in [0, 0.1) is 0 Å². The molecule has 0 amide bonds. The van der Waals surface area contributed by atoms with Gasteiger partial charge in [-0.05, 0) is 36.4 Å². The van der Waals surface area contributed by atoms with E-state index in [1.54, 1.807) is 0 Å². The molecular formula is C12H6Br2N2. The van der Waals surface area contributed by atoms with Crippen molar-refractivity contribution < 1.29 is 0 Å². The minimum Gasteiger partial charge on any atom is -0.244 e. The third kappa shape index (κ3) is 1.72. The quantitative estimate of drug-likeness (QED) is 0.571. The molecule has 0 spiro atoms. The molecule has 3 aromatic rings. The van der Waals surface area contributed by atoms with Gasteiger partial charge in [-0.1, -0.05) is 31.9 Å². The molecule has 0 fully saturated rings. The highest BCUT2D eigenvalue weighted by atomic mass is 79.9. The monoisotopic (exact) mass is 336 g/mol. The van der Waals surface area contributed by atoms with Gasteiger partial charge in [-0.2, -0.15) is 0 Å². The van der Waals surface area contributed by atoms with Crippen molar-refractivity contribution in [2.24, 2.45) is 0 Å². The maximum atomic E-state index is 4.57. The van der Waals surface area contributed by atoms with Crippen molar-refractivity contribution in [1.82, 2.24) is 9.97 Å². The van der Waals surface area contributed by atoms with Crippen molar-refractivity contribution in [2.75, 3.05) is 0 Å². The smallest absolute Gasteiger partial charge is 0.0905 e. The first-order valence-corrected chi connectivity index (χ1v) is 6.33. The van der Waals surface area contributed by atoms with E-state index in [0.29, 0.717) is 0 Å². The SMILES string of the molecule is Brc1ccc2nc3cc(Br)ccc3nc2c1. The number of rotatable bonds is 0. The van der Waals surface area contributed by atoms with Crippen LogP contribution in [0.2, 0.25) is 0 Å². The molecule has 0 aliphatic rings. The number of aromatic nitrogens is 2. The molecule has 0 bridgehead atoms. The lowest BCUT2D eigenvalue weighted by Gasteiger charge is -2.01. The first-order chi connectivity index (χ1) is 7.72. The van der Waals surface area contributed by atoms with E-state index in [2.05, 4.69) is 41.8 Å². The van der Waals surface area contributed by atoms with Crippen LogP contribution in [0.1, 0.15) is 0 Å². The average Bonchev–Trinajstić information content (AvgIpc) is 2.26. The molecule has 0 saturated heterocycles. The minimum absolute atomic E-state index is 0.907. The van der Waals surface area contributed by atoms with Crippen molar-refractivity contribution in [3.05, 3.63) is 45.3 Å². The molecule has 2 nitrogen and oxygen atoms in total. The highest BCUT2D eigenvalue weighted by Crippen LogP contribution is 2.22. The number of hydrogen-bond acceptors (Lipinski definition) is 2. The summed E-state index contributed by atoms with van der Waals surface area (Å²) in [4.78, 5) is 9.13. The fourth-order valence-electron chi connectivity index (χ4n) is 1.62. The average molecular weight is 338 g/mol. The van der Waals surface area contributed by atoms with E-state index in [1.165, 1.54) is 0 Å². The van der Waals surface area contributed by atoms with Crippen LogP contribution in [-0.4, -0.2) is 9.97 Å². The van der Waals surface area contributed by atoms with E-state index in [0.717, 1.165) is 31.0 Å². The summed E-state index contributed by atoms with van der Waals surface area (Å²) < 4.78 is 2.04. The van der Waals surface area contributed by atoms with Gasteiger partial charge in [0.15, 0.2) is 0 Å². The van der Waals surface area contributed by atoms with Gasteiger partial charge in [-0.3, -0.25) is 0 Å². The summed E-state index contributed by atoms with van der Waals surface area (Å²) >= 11 is 6.87. The lowest BCUT2D eigenvalue weighted by Crippen LogP contribution is -1.87. The molecular weight excluding hydrogens is 332 g/mol. The number of hydrogen-bond donors (Lipinski definition) is 0. The van der Waals surface area contributed by atoms with Crippen molar-refractivity contribution in [1.29, 1.82) is 0 Å². The molecule has 0 radical (unpaired) electrons. The highest BCUT2D eigenvalue weighted by molar-refractivity contribution is 9.10. The second kappa shape index (κ2) is 3.79. The van der Waals surface area contributed by atoms with Crippen molar-refractivity contribution >= 4 is 53.9 Å². The maximum Gasteiger partial charge on any atom is 0.0905 e. The van der Waals surface area contributed by atoms with Gasteiger partial charge in [0.25, 0.3) is 0 Å². The summed E-state index contributed by atoms with van der Waals surface area (Å²) in [5.41, 5.74) is 3.64. The number of nitrogens with zero attached hydrogens (tertiary/aromatic N) is 2. The van der Waals surface area contributed by atoms with Gasteiger partial charge in [0.1, 0.15) is 0 Å². The molecule has 1 aromatic heterocycles. The van der Waals surface area contributed by atoms with Crippen LogP contribution in [0.25, 0.3) is 22.1 Å². The summed E-state index contributed by atoms with van der Waals surface area (Å²) in [5.74, 6) is 0. The predicted octanol–water partition coefficient (Wildman–Crippen LogP) is 4.31. The Labute approximate surface area is 109 Å². The lowest BCUT2D eigenvalue weighted by molar-refractivity contribution is 1.38. The Morgan fingerprint density at radius 2 is 1.06 bits per heavy atom. The summed E-state index contributed by atoms with van der Waals surface area (Å²) in [6.45, 7) is 0. The molecule has 0 aliphatic carbocycles. The van der Waals surface area contributed by atoms with Crippen LogP contribution in [0.15, 0.2) is 45.3 Å². The highest BCUT2D eigenvalue weighted by Gasteiger charge is 2.02. The Kier molecular flexibility index (Phi) is 2.41. The summed E-state index contributed by atoms with van der Waals surface area (Å²) in [6.07, 6.45) is 0. The fourth-order valence-corrected chi connectivity index (χ4v) is 2.32. The van der Waals surface area contributed by atoms with Gasteiger partial charge >= 0.3 is 0 Å². The Balaban J connectivity index is 2.44. The molecule has 1 heterocycles. The van der Waals surface area contributed by atoms with Crippen LogP contribution in [0.4, 0.5) is 0 Å². The molecule has 4 heteroatoms. The molecule has 0 saturated carbocycles. The zero-order valence-electron chi connectivity index (χ0n) is 8.11. The van der Waals surface area contributed by atoms with Crippen LogP contribution in [-0.2, 0) is 0 Å². The topological polar surface area (TPSA) is 25.8 Å². The van der Waals surface area contributed by atoms with Crippen LogP contribution in [0.3, 0.4) is 0 Å². The third-order valence-corrected chi connectivity index (χ3v) is 3.34. The van der Waals surface area contributed by atoms with Gasteiger partial charge < -0.3 is 0 Å². The maximum absolute atomic E-state index is 4.57. The van der Waals surface area contributed by atoms with Crippen LogP contribution >= 0.6 is 31.9 Å². The zero-order chi connectivity index (χ0) is 11.1. The molecule has 0 N–H and O–H groups in total. The van der Waals surface area contributed by atoms with Crippen LogP contribution in [0.5, 0.6) is 0 Å². The molecule has 3 rings (SSSR count). The predicted molar refractivity (Wildman–Crippen MR) is 72.4 cm³/mol. The van der Waals surface area contributed by atoms with E-state index in [9.17, 15) is 0 Å². The number of halogens is 2. The van der Waals surface area contributed by atoms with Crippen molar-refractivity contribution in [3.8, 4) is 0 Å². The lowest BCUT2D eigenvalue weighted by atomic mass is 10.2. The Morgan fingerprint density at radius 1 is 0.625 bits per heavy atom. The summed E-state index contributed by atoms with van der Waals surface area (Å²) in [6, 6.07) is 11.8. The third-order valence-electron chi connectivity index (χ3n) is 2.36. The number of fused-ring (bicyclic) bond motifs is 2. The normalized spacial score (nSPS) is 11.1. The second-order valence-electron chi connectivity index (χ2n) is 3.49. The largest absolute Gasteiger partial charge is 0.244 e. The van der Waals surface area contributed by atoms with Gasteiger partial charge in [0.05, 0.1) is 22.1 Å². The van der Waals surface area contributed by atoms with E-state index >= 15 is 0 Å². The molecule has 0 atom stereocenters. The molecule has 0 aliphatic heterocycles. The van der Waals surface area contributed by atoms with Gasteiger partial charge in [-0.15, -0.1) is 0 Å². The van der Waals surface area contributed by atoms with Crippen molar-refractivity contribution in [2.45, 2.75) is 0 Å². The van der Waals surface area contributed by atoms with E-state index < -0.39 is 0 Å². The molecule has 78 valence electrons. The standard InChI is InChI=1S/C12H6Br2N2/c13-7-1-3-9-11(5-7)16-10-4-2-8(14)6-12(10)15-9/h1-6H. The first kappa shape index (κ1) is 10.2. The summed E-state index contributed by atoms with van der Waals surface area (Å²) in [7, 11) is 0. The van der Waals surface area contributed by atoms with Crippen LogP contribution < -0.4 is 0 Å². The first-order valence-electron chi connectivity index (χ1n) is 4.75. The minimum atomic E-state index is 0.907. The van der Waals surface area contributed by atoms with E-state index in [4.69, 9.17) is 0 Å². The molecule has 2 aromatic carbocycles. The molecule has 0 unspecified atom stereocenters. The van der Waals surface area contributed by atoms with Crippen molar-refractivity contribution in [3.63, 3.8) is 0 Å². The summed E-state index contributed by atoms with van der Waals surface area (Å²) in [5, 5.41) is 0. The van der Waals surface area contributed by atoms with E-state index in [-0.39, 0.29) is 0 Å².